The lowest BCUT2D eigenvalue weighted by Crippen LogP contribution is -2.43. The highest BCUT2D eigenvalue weighted by Crippen LogP contribution is 2.44. The number of aromatic nitrogens is 1. The number of rotatable bonds is 5. The lowest BCUT2D eigenvalue weighted by Gasteiger charge is -2.37. The maximum Gasteiger partial charge on any atom is 0.232 e. The Labute approximate surface area is 249 Å². The van der Waals surface area contributed by atoms with Crippen LogP contribution in [0.5, 0.6) is 5.88 Å². The third-order valence-corrected chi connectivity index (χ3v) is 11.0. The normalized spacial score (nSPS) is 26.0. The average Bonchev–Trinajstić information content (AvgIpc) is 3.71. The number of terminal acetylenes is 1. The maximum absolute atomic E-state index is 10.6. The molecule has 2 aromatic carbocycles. The molecule has 0 spiro atoms. The number of nitriles is 1. The van der Waals surface area contributed by atoms with E-state index in [-0.39, 0.29) is 5.54 Å². The number of benzene rings is 2. The van der Waals surface area contributed by atoms with Gasteiger partial charge >= 0.3 is 0 Å². The molecule has 6 heteroatoms. The van der Waals surface area contributed by atoms with Gasteiger partial charge in [0.1, 0.15) is 18.2 Å². The van der Waals surface area contributed by atoms with Crippen LogP contribution in [0.4, 0.5) is 5.69 Å². The van der Waals surface area contributed by atoms with Crippen molar-refractivity contribution in [3.63, 3.8) is 0 Å². The molecule has 4 saturated heterocycles. The standard InChI is InChI=1S/C36H39N5O/c1-2-24-7-3-8-25-9-4-10-32(33(24)25)40-18-13-29-31(22-40)30(21-37)35(42-23-36-14-5-16-41(36)17-6-15-36)39-34(29)26-19-27-11-12-28(20-26)38-27/h1,3-4,7-10,26-28,38H,5-6,11-20,22-23H2. The van der Waals surface area contributed by atoms with Gasteiger partial charge in [0.15, 0.2) is 0 Å². The van der Waals surface area contributed by atoms with Crippen LogP contribution in [-0.2, 0) is 13.0 Å². The van der Waals surface area contributed by atoms with E-state index in [9.17, 15) is 5.26 Å². The topological polar surface area (TPSA) is 64.4 Å². The van der Waals surface area contributed by atoms with Crippen LogP contribution >= 0.6 is 0 Å². The zero-order chi connectivity index (χ0) is 28.3. The second kappa shape index (κ2) is 10.3. The molecule has 0 saturated carbocycles. The van der Waals surface area contributed by atoms with Crippen LogP contribution in [0.1, 0.15) is 85.2 Å². The Morgan fingerprint density at radius 2 is 1.79 bits per heavy atom. The third-order valence-electron chi connectivity index (χ3n) is 11.0. The minimum Gasteiger partial charge on any atom is -0.475 e. The summed E-state index contributed by atoms with van der Waals surface area (Å²) in [6.07, 6.45) is 16.4. The molecule has 2 unspecified atom stereocenters. The van der Waals surface area contributed by atoms with Crippen LogP contribution in [0.15, 0.2) is 36.4 Å². The lowest BCUT2D eigenvalue weighted by molar-refractivity contribution is 0.110. The van der Waals surface area contributed by atoms with Crippen molar-refractivity contribution in [2.75, 3.05) is 31.1 Å². The van der Waals surface area contributed by atoms with Crippen LogP contribution in [-0.4, -0.2) is 53.7 Å². The van der Waals surface area contributed by atoms with Crippen molar-refractivity contribution in [3.8, 4) is 24.3 Å². The average molecular weight is 558 g/mol. The summed E-state index contributed by atoms with van der Waals surface area (Å²) in [6.45, 7) is 4.49. The minimum atomic E-state index is 0.110. The number of hydrogen-bond donors (Lipinski definition) is 1. The van der Waals surface area contributed by atoms with Crippen LogP contribution in [0, 0.1) is 23.7 Å². The molecule has 1 aromatic heterocycles. The minimum absolute atomic E-state index is 0.110. The highest BCUT2D eigenvalue weighted by Gasteiger charge is 2.45. The maximum atomic E-state index is 10.6. The zero-order valence-corrected chi connectivity index (χ0v) is 24.4. The van der Waals surface area contributed by atoms with E-state index < -0.39 is 0 Å². The Kier molecular flexibility index (Phi) is 6.39. The van der Waals surface area contributed by atoms with Gasteiger partial charge in [-0.25, -0.2) is 4.98 Å². The Morgan fingerprint density at radius 1 is 1.02 bits per heavy atom. The summed E-state index contributed by atoms with van der Waals surface area (Å²) < 4.78 is 6.70. The van der Waals surface area contributed by atoms with Crippen molar-refractivity contribution in [3.05, 3.63) is 64.3 Å². The third kappa shape index (κ3) is 4.19. The Hall–Kier alpha value is -3.58. The van der Waals surface area contributed by atoms with Gasteiger partial charge in [0, 0.05) is 47.7 Å². The Morgan fingerprint density at radius 3 is 2.52 bits per heavy atom. The second-order valence-corrected chi connectivity index (χ2v) is 13.3. The molecule has 6 heterocycles. The van der Waals surface area contributed by atoms with Gasteiger partial charge in [-0.05, 0) is 99.5 Å². The fraction of sp³-hybridized carbons (Fsp3) is 0.500. The summed E-state index contributed by atoms with van der Waals surface area (Å²) in [5.41, 5.74) is 6.40. The molecule has 3 aromatic rings. The van der Waals surface area contributed by atoms with Crippen molar-refractivity contribution >= 4 is 16.5 Å². The molecule has 2 bridgehead atoms. The number of nitrogens with one attached hydrogen (secondary N) is 1. The van der Waals surface area contributed by atoms with Crippen molar-refractivity contribution in [2.24, 2.45) is 0 Å². The number of ether oxygens (including phenoxy) is 1. The molecule has 0 radical (unpaired) electrons. The fourth-order valence-corrected chi connectivity index (χ4v) is 9.05. The molecule has 0 aliphatic carbocycles. The van der Waals surface area contributed by atoms with Gasteiger partial charge in [-0.15, -0.1) is 6.42 Å². The van der Waals surface area contributed by atoms with Crippen molar-refractivity contribution in [2.45, 2.75) is 87.9 Å². The summed E-state index contributed by atoms with van der Waals surface area (Å²) in [5.74, 6) is 3.89. The molecule has 4 fully saturated rings. The van der Waals surface area contributed by atoms with E-state index in [1.165, 1.54) is 49.8 Å². The van der Waals surface area contributed by atoms with Gasteiger partial charge < -0.3 is 15.0 Å². The van der Waals surface area contributed by atoms with Crippen LogP contribution in [0.25, 0.3) is 10.8 Å². The van der Waals surface area contributed by atoms with Crippen molar-refractivity contribution in [1.82, 2.24) is 15.2 Å². The van der Waals surface area contributed by atoms with E-state index in [1.54, 1.807) is 0 Å². The van der Waals surface area contributed by atoms with Crippen LogP contribution in [0.2, 0.25) is 0 Å². The van der Waals surface area contributed by atoms with E-state index in [0.717, 1.165) is 66.5 Å². The molecule has 1 N–H and O–H groups in total. The summed E-state index contributed by atoms with van der Waals surface area (Å²) in [6, 6.07) is 16.3. The molecule has 5 aliphatic heterocycles. The first-order chi connectivity index (χ1) is 20.7. The van der Waals surface area contributed by atoms with Crippen molar-refractivity contribution < 1.29 is 4.74 Å². The largest absolute Gasteiger partial charge is 0.475 e. The van der Waals surface area contributed by atoms with E-state index in [2.05, 4.69) is 51.4 Å². The molecule has 5 aliphatic rings. The van der Waals surface area contributed by atoms with Gasteiger partial charge in [0.2, 0.25) is 5.88 Å². The number of hydrogen-bond acceptors (Lipinski definition) is 6. The monoisotopic (exact) mass is 557 g/mol. The smallest absolute Gasteiger partial charge is 0.232 e. The Bertz CT molecular complexity index is 1610. The first-order valence-corrected chi connectivity index (χ1v) is 16.0. The number of piperidine rings is 1. The fourth-order valence-electron chi connectivity index (χ4n) is 9.05. The van der Waals surface area contributed by atoms with Gasteiger partial charge in [-0.1, -0.05) is 30.2 Å². The molecule has 6 nitrogen and oxygen atoms in total. The lowest BCUT2D eigenvalue weighted by atomic mass is 9.83. The zero-order valence-electron chi connectivity index (χ0n) is 24.4. The summed E-state index contributed by atoms with van der Waals surface area (Å²) in [7, 11) is 0. The van der Waals surface area contributed by atoms with Crippen LogP contribution < -0.4 is 15.0 Å². The number of anilines is 1. The SMILES string of the molecule is C#Cc1cccc2cccc(N3CCc4c(C5CC6CCC(C5)N6)nc(OCC56CCCN5CCC6)c(C#N)c4C3)c12. The number of nitrogens with zero attached hydrogens (tertiary/aromatic N) is 4. The van der Waals surface area contributed by atoms with Gasteiger partial charge in [0.25, 0.3) is 0 Å². The van der Waals surface area contributed by atoms with E-state index in [0.29, 0.717) is 42.6 Å². The van der Waals surface area contributed by atoms with Crippen molar-refractivity contribution in [1.29, 1.82) is 5.26 Å². The van der Waals surface area contributed by atoms with E-state index >= 15 is 0 Å². The molecule has 8 rings (SSSR count). The Balaban J connectivity index is 1.21. The quantitative estimate of drug-likeness (QED) is 0.409. The van der Waals surface area contributed by atoms with E-state index in [1.807, 2.05) is 12.1 Å². The summed E-state index contributed by atoms with van der Waals surface area (Å²) >= 11 is 0. The molecule has 214 valence electrons. The molecule has 0 amide bonds. The first kappa shape index (κ1) is 26.1. The molecule has 42 heavy (non-hydrogen) atoms. The van der Waals surface area contributed by atoms with Gasteiger partial charge in [0.05, 0.1) is 11.2 Å². The van der Waals surface area contributed by atoms with Gasteiger partial charge in [-0.2, -0.15) is 5.26 Å². The summed E-state index contributed by atoms with van der Waals surface area (Å²) in [5, 5.41) is 16.7. The van der Waals surface area contributed by atoms with E-state index in [4.69, 9.17) is 16.1 Å². The highest BCUT2D eigenvalue weighted by molar-refractivity contribution is 5.98. The van der Waals surface area contributed by atoms with Crippen LogP contribution in [0.3, 0.4) is 0 Å². The first-order valence-electron chi connectivity index (χ1n) is 16.0. The molecular formula is C36H39N5O. The highest BCUT2D eigenvalue weighted by atomic mass is 16.5. The second-order valence-electron chi connectivity index (χ2n) is 13.3. The van der Waals surface area contributed by atoms with Gasteiger partial charge in [-0.3, -0.25) is 4.90 Å². The predicted octanol–water partition coefficient (Wildman–Crippen LogP) is 5.66. The number of pyridine rings is 1. The number of fused-ring (bicyclic) bond motifs is 5. The summed E-state index contributed by atoms with van der Waals surface area (Å²) in [4.78, 5) is 10.3. The molecular weight excluding hydrogens is 518 g/mol. The molecule has 2 atom stereocenters. The predicted molar refractivity (Wildman–Crippen MR) is 166 cm³/mol.